The van der Waals surface area contributed by atoms with Gasteiger partial charge in [-0.15, -0.1) is 0 Å². The summed E-state index contributed by atoms with van der Waals surface area (Å²) in [5.41, 5.74) is 17.5. The average molecular weight is 555 g/mol. The van der Waals surface area contributed by atoms with Crippen LogP contribution in [0.15, 0.2) is 146 Å². The Morgan fingerprint density at radius 2 is 1.49 bits per heavy atom. The highest BCUT2D eigenvalue weighted by molar-refractivity contribution is 6.14. The third kappa shape index (κ3) is 4.19. The lowest BCUT2D eigenvalue weighted by Gasteiger charge is -2.15. The topological polar surface area (TPSA) is 66.8 Å². The molecule has 4 nitrogen and oxygen atoms in total. The zero-order chi connectivity index (χ0) is 28.9. The van der Waals surface area contributed by atoms with E-state index in [0.29, 0.717) is 17.3 Å². The predicted octanol–water partition coefficient (Wildman–Crippen LogP) is 8.82. The lowest BCUT2D eigenvalue weighted by molar-refractivity contribution is 0.805. The molecule has 2 heterocycles. The Balaban J connectivity index is 1.19. The molecular weight excluding hydrogens is 524 g/mol. The second-order valence-electron chi connectivity index (χ2n) is 11.3. The largest absolute Gasteiger partial charge is 0.398 e. The lowest BCUT2D eigenvalue weighted by Crippen LogP contribution is -2.17. The summed E-state index contributed by atoms with van der Waals surface area (Å²) in [6.45, 7) is 0. The number of aromatic nitrogens is 1. The fourth-order valence-corrected chi connectivity index (χ4v) is 6.60. The van der Waals surface area contributed by atoms with Gasteiger partial charge in [0.15, 0.2) is 0 Å². The minimum Gasteiger partial charge on any atom is -0.398 e. The van der Waals surface area contributed by atoms with Crippen LogP contribution in [0.2, 0.25) is 0 Å². The van der Waals surface area contributed by atoms with E-state index in [1.165, 1.54) is 27.5 Å². The van der Waals surface area contributed by atoms with Gasteiger partial charge in [0.05, 0.1) is 28.5 Å². The van der Waals surface area contributed by atoms with Crippen molar-refractivity contribution in [1.82, 2.24) is 4.57 Å². The van der Waals surface area contributed by atoms with Gasteiger partial charge >= 0.3 is 0 Å². The normalized spacial score (nSPS) is 17.2. The molecule has 0 amide bonds. The number of rotatable bonds is 5. The maximum Gasteiger partial charge on any atom is 0.0776 e. The van der Waals surface area contributed by atoms with Crippen molar-refractivity contribution < 1.29 is 0 Å². The maximum atomic E-state index is 8.78. The highest BCUT2D eigenvalue weighted by Gasteiger charge is 2.32. The van der Waals surface area contributed by atoms with Crippen LogP contribution >= 0.6 is 0 Å². The Kier molecular flexibility index (Phi) is 5.86. The molecule has 0 spiro atoms. The number of hydrogen-bond donors (Lipinski definition) is 3. The minimum absolute atomic E-state index is 0.259. The predicted molar refractivity (Wildman–Crippen MR) is 180 cm³/mol. The van der Waals surface area contributed by atoms with Crippen molar-refractivity contribution >= 4 is 38.9 Å². The molecule has 4 heteroatoms. The summed E-state index contributed by atoms with van der Waals surface area (Å²) < 4.78 is 2.35. The summed E-state index contributed by atoms with van der Waals surface area (Å²) >= 11 is 0. The van der Waals surface area contributed by atoms with Gasteiger partial charge in [-0.05, 0) is 52.1 Å². The summed E-state index contributed by atoms with van der Waals surface area (Å²) in [5, 5.41) is 15.0. The number of hydrogen-bond acceptors (Lipinski definition) is 3. The van der Waals surface area contributed by atoms with E-state index in [2.05, 4.69) is 107 Å². The fraction of sp³-hybridized carbons (Fsp3) is 0.0513. The van der Waals surface area contributed by atoms with Gasteiger partial charge in [0.1, 0.15) is 0 Å². The van der Waals surface area contributed by atoms with E-state index >= 15 is 0 Å². The third-order valence-corrected chi connectivity index (χ3v) is 8.71. The van der Waals surface area contributed by atoms with E-state index in [0.717, 1.165) is 33.5 Å². The fourth-order valence-electron chi connectivity index (χ4n) is 6.60. The van der Waals surface area contributed by atoms with Crippen LogP contribution < -0.4 is 11.1 Å². The first kappa shape index (κ1) is 25.1. The second-order valence-corrected chi connectivity index (χ2v) is 11.3. The molecule has 5 aromatic carbocycles. The first-order valence-electron chi connectivity index (χ1n) is 14.7. The van der Waals surface area contributed by atoms with E-state index in [9.17, 15) is 0 Å². The van der Waals surface area contributed by atoms with E-state index < -0.39 is 0 Å². The van der Waals surface area contributed by atoms with Crippen LogP contribution in [0.4, 0.5) is 5.69 Å². The molecule has 1 aliphatic heterocycles. The van der Waals surface area contributed by atoms with Gasteiger partial charge in [-0.25, -0.2) is 0 Å². The van der Waals surface area contributed by atoms with Gasteiger partial charge in [0.2, 0.25) is 0 Å². The highest BCUT2D eigenvalue weighted by atomic mass is 15.0. The van der Waals surface area contributed by atoms with Crippen LogP contribution in [0.25, 0.3) is 44.3 Å². The molecule has 1 aromatic heterocycles. The van der Waals surface area contributed by atoms with Crippen LogP contribution in [-0.4, -0.2) is 16.3 Å². The molecule has 0 bridgehead atoms. The first-order valence-corrected chi connectivity index (χ1v) is 14.7. The summed E-state index contributed by atoms with van der Waals surface area (Å²) in [4.78, 5) is 0. The van der Waals surface area contributed by atoms with Crippen LogP contribution in [0.1, 0.15) is 22.6 Å². The number of nitrogens with zero attached hydrogens (tertiary/aromatic N) is 1. The van der Waals surface area contributed by atoms with Crippen molar-refractivity contribution in [3.05, 3.63) is 162 Å². The van der Waals surface area contributed by atoms with E-state index in [1.54, 1.807) is 6.08 Å². The second kappa shape index (κ2) is 10.0. The third-order valence-electron chi connectivity index (χ3n) is 8.71. The molecule has 0 fully saturated rings. The van der Waals surface area contributed by atoms with Crippen LogP contribution in [0, 0.1) is 5.41 Å². The number of fused-ring (bicyclic) bond motifs is 7. The number of anilines is 1. The van der Waals surface area contributed by atoms with Crippen molar-refractivity contribution in [3.63, 3.8) is 0 Å². The van der Waals surface area contributed by atoms with Crippen molar-refractivity contribution in [2.75, 3.05) is 5.32 Å². The molecule has 0 saturated heterocycles. The number of benzene rings is 5. The molecular formula is C39H30N4. The summed E-state index contributed by atoms with van der Waals surface area (Å²) in [5.74, 6) is 0.327. The summed E-state index contributed by atoms with van der Waals surface area (Å²) in [6, 6.07) is 40.1. The van der Waals surface area contributed by atoms with Gasteiger partial charge in [-0.2, -0.15) is 0 Å². The molecule has 206 valence electrons. The quantitative estimate of drug-likeness (QED) is 0.186. The Bertz CT molecular complexity index is 2130. The Hall–Kier alpha value is -5.61. The average Bonchev–Trinajstić information content (AvgIpc) is 3.61. The molecule has 2 unspecified atom stereocenters. The van der Waals surface area contributed by atoms with Gasteiger partial charge < -0.3 is 21.0 Å². The first-order chi connectivity index (χ1) is 21.2. The van der Waals surface area contributed by atoms with Crippen molar-refractivity contribution in [3.8, 4) is 16.8 Å². The van der Waals surface area contributed by atoms with Crippen LogP contribution in [0.3, 0.4) is 0 Å². The molecule has 0 saturated carbocycles. The number of nitrogens with one attached hydrogen (secondary N) is 2. The number of nitrogens with two attached hydrogens (primary N) is 1. The van der Waals surface area contributed by atoms with Crippen LogP contribution in [-0.2, 0) is 0 Å². The molecule has 1 aliphatic carbocycles. The number of para-hydroxylation sites is 1. The standard InChI is InChI=1S/C39H30N4/c40-34(27-19-17-26(18-20-27)25-9-2-1-3-10-25)24-35(41)28-11-8-12-29(23-28)43-37-16-7-5-14-31(37)33-22-21-32-30-13-4-6-15-36(30)42-38(32)39(33)43/h1-24,30,36,40,42H,41H2/b35-24-,40-34?. The van der Waals surface area contributed by atoms with Gasteiger partial charge in [-0.1, -0.05) is 121 Å². The lowest BCUT2D eigenvalue weighted by atomic mass is 9.91. The smallest absolute Gasteiger partial charge is 0.0776 e. The van der Waals surface area contributed by atoms with Gasteiger partial charge in [-0.3, -0.25) is 0 Å². The van der Waals surface area contributed by atoms with Crippen molar-refractivity contribution in [2.24, 2.45) is 5.73 Å². The molecule has 6 aromatic rings. The van der Waals surface area contributed by atoms with E-state index in [-0.39, 0.29) is 6.04 Å². The number of allylic oxidation sites excluding steroid dienone is 3. The van der Waals surface area contributed by atoms with Gasteiger partial charge in [0, 0.05) is 28.1 Å². The zero-order valence-electron chi connectivity index (χ0n) is 23.5. The molecule has 8 rings (SSSR count). The zero-order valence-corrected chi connectivity index (χ0v) is 23.5. The molecule has 2 aliphatic rings. The SMILES string of the molecule is N=C(/C=C(\N)c1cccc(-n2c3ccccc3c3ccc4c(c32)NC2C=CC=CC42)c1)c1ccc(-c2ccccc2)cc1. The maximum absolute atomic E-state index is 8.78. The van der Waals surface area contributed by atoms with Crippen molar-refractivity contribution in [2.45, 2.75) is 12.0 Å². The minimum atomic E-state index is 0.259. The van der Waals surface area contributed by atoms with Crippen LogP contribution in [0.5, 0.6) is 0 Å². The Morgan fingerprint density at radius 3 is 2.35 bits per heavy atom. The van der Waals surface area contributed by atoms with Crippen molar-refractivity contribution in [1.29, 1.82) is 5.41 Å². The molecule has 2 atom stereocenters. The van der Waals surface area contributed by atoms with E-state index in [4.69, 9.17) is 11.1 Å². The molecule has 0 radical (unpaired) electrons. The Morgan fingerprint density at radius 1 is 0.721 bits per heavy atom. The Labute approximate surface area is 250 Å². The van der Waals surface area contributed by atoms with Gasteiger partial charge in [0.25, 0.3) is 0 Å². The monoisotopic (exact) mass is 554 g/mol. The highest BCUT2D eigenvalue weighted by Crippen LogP contribution is 2.46. The summed E-state index contributed by atoms with van der Waals surface area (Å²) in [6.07, 6.45) is 10.6. The molecule has 4 N–H and O–H groups in total. The van der Waals surface area contributed by atoms with E-state index in [1.807, 2.05) is 42.5 Å². The summed E-state index contributed by atoms with van der Waals surface area (Å²) in [7, 11) is 0. The molecule has 43 heavy (non-hydrogen) atoms.